The molecule has 0 fully saturated rings. The van der Waals surface area contributed by atoms with Crippen LogP contribution in [0.15, 0.2) is 30.3 Å². The smallest absolute Gasteiger partial charge is 0.161 e. The van der Waals surface area contributed by atoms with Gasteiger partial charge in [0.05, 0.1) is 18.8 Å². The Kier molecular flexibility index (Phi) is 4.26. The summed E-state index contributed by atoms with van der Waals surface area (Å²) in [6.45, 7) is 1.65. The first-order valence-corrected chi connectivity index (χ1v) is 6.20. The minimum Gasteiger partial charge on any atom is -0.507 e. The third kappa shape index (κ3) is 3.21. The summed E-state index contributed by atoms with van der Waals surface area (Å²) in [7, 11) is 1.47. The van der Waals surface area contributed by atoms with Crippen molar-refractivity contribution in [1.29, 1.82) is 0 Å². The lowest BCUT2D eigenvalue weighted by molar-refractivity contribution is 0.406. The number of aromatic hydroxyl groups is 1. The van der Waals surface area contributed by atoms with E-state index < -0.39 is 23.5 Å². The van der Waals surface area contributed by atoms with Gasteiger partial charge in [-0.05, 0) is 19.1 Å². The summed E-state index contributed by atoms with van der Waals surface area (Å²) in [5.74, 6) is -2.88. The molecule has 1 unspecified atom stereocenters. The molecule has 0 aromatic heterocycles. The first kappa shape index (κ1) is 15.0. The lowest BCUT2D eigenvalue weighted by atomic mass is 10.1. The van der Waals surface area contributed by atoms with E-state index in [1.54, 1.807) is 19.1 Å². The van der Waals surface area contributed by atoms with Crippen LogP contribution in [0.4, 0.5) is 18.9 Å². The van der Waals surface area contributed by atoms with Crippen molar-refractivity contribution in [2.75, 3.05) is 12.4 Å². The summed E-state index contributed by atoms with van der Waals surface area (Å²) >= 11 is 0. The number of phenolic OH excluding ortho intramolecular Hbond substituents is 1. The average Bonchev–Trinajstić information content (AvgIpc) is 2.44. The van der Waals surface area contributed by atoms with Crippen molar-refractivity contribution in [2.24, 2.45) is 0 Å². The van der Waals surface area contributed by atoms with E-state index in [0.29, 0.717) is 17.4 Å². The van der Waals surface area contributed by atoms with Gasteiger partial charge in [-0.15, -0.1) is 0 Å². The van der Waals surface area contributed by atoms with E-state index in [4.69, 9.17) is 4.74 Å². The van der Waals surface area contributed by atoms with Gasteiger partial charge in [0, 0.05) is 23.8 Å². The molecule has 0 saturated heterocycles. The minimum absolute atomic E-state index is 0.0441. The maximum atomic E-state index is 13.6. The first-order chi connectivity index (χ1) is 9.92. The first-order valence-electron chi connectivity index (χ1n) is 6.20. The molecule has 112 valence electrons. The Hall–Kier alpha value is -2.37. The normalized spacial score (nSPS) is 12.0. The van der Waals surface area contributed by atoms with Crippen LogP contribution < -0.4 is 10.1 Å². The Morgan fingerprint density at radius 3 is 2.33 bits per heavy atom. The number of hydrogen-bond donors (Lipinski definition) is 2. The fourth-order valence-corrected chi connectivity index (χ4v) is 1.96. The van der Waals surface area contributed by atoms with E-state index in [1.165, 1.54) is 13.2 Å². The van der Waals surface area contributed by atoms with Crippen LogP contribution in [-0.2, 0) is 0 Å². The van der Waals surface area contributed by atoms with Crippen molar-refractivity contribution in [1.82, 2.24) is 0 Å². The van der Waals surface area contributed by atoms with Gasteiger partial charge in [0.2, 0.25) is 0 Å². The van der Waals surface area contributed by atoms with Gasteiger partial charge in [-0.25, -0.2) is 13.2 Å². The number of rotatable bonds is 4. The van der Waals surface area contributed by atoms with Crippen molar-refractivity contribution in [3.8, 4) is 11.5 Å². The molecule has 21 heavy (non-hydrogen) atoms. The molecule has 6 heteroatoms. The second-order valence-electron chi connectivity index (χ2n) is 4.54. The van der Waals surface area contributed by atoms with Crippen LogP contribution in [0.2, 0.25) is 0 Å². The number of halogens is 3. The third-order valence-electron chi connectivity index (χ3n) is 3.09. The van der Waals surface area contributed by atoms with Crippen LogP contribution in [0, 0.1) is 17.5 Å². The van der Waals surface area contributed by atoms with E-state index >= 15 is 0 Å². The molecule has 0 amide bonds. The highest BCUT2D eigenvalue weighted by Crippen LogP contribution is 2.31. The third-order valence-corrected chi connectivity index (χ3v) is 3.09. The van der Waals surface area contributed by atoms with Crippen molar-refractivity contribution in [3.63, 3.8) is 0 Å². The molecule has 2 aromatic rings. The number of ether oxygens (including phenoxy) is 1. The van der Waals surface area contributed by atoms with Gasteiger partial charge >= 0.3 is 0 Å². The Bertz CT molecular complexity index is 662. The maximum Gasteiger partial charge on any atom is 0.161 e. The van der Waals surface area contributed by atoms with Crippen LogP contribution in [0.5, 0.6) is 11.5 Å². The van der Waals surface area contributed by atoms with E-state index in [2.05, 4.69) is 5.32 Å². The predicted octanol–water partition coefficient (Wildman–Crippen LogP) is 3.99. The SMILES string of the molecule is COc1ccc(C(C)Nc2cc(F)c(F)cc2F)c(O)c1. The topological polar surface area (TPSA) is 41.5 Å². The molecule has 0 aliphatic carbocycles. The number of nitrogens with one attached hydrogen (secondary N) is 1. The summed E-state index contributed by atoms with van der Waals surface area (Å²) in [6.07, 6.45) is 0. The minimum atomic E-state index is -1.25. The standard InChI is InChI=1S/C15H14F3NO2/c1-8(10-4-3-9(21-2)5-15(10)20)19-14-7-12(17)11(16)6-13(14)18/h3-8,19-20H,1-2H3. The molecule has 2 rings (SSSR count). The molecule has 2 N–H and O–H groups in total. The fraction of sp³-hybridized carbons (Fsp3) is 0.200. The van der Waals surface area contributed by atoms with Gasteiger partial charge in [-0.1, -0.05) is 0 Å². The lowest BCUT2D eigenvalue weighted by Crippen LogP contribution is -2.09. The predicted molar refractivity (Wildman–Crippen MR) is 73.0 cm³/mol. The molecule has 3 nitrogen and oxygen atoms in total. The quantitative estimate of drug-likeness (QED) is 0.838. The number of phenols is 1. The van der Waals surface area contributed by atoms with Gasteiger partial charge in [0.1, 0.15) is 17.3 Å². The maximum absolute atomic E-state index is 13.6. The summed E-state index contributed by atoms with van der Waals surface area (Å²) < 4.78 is 44.6. The fourth-order valence-electron chi connectivity index (χ4n) is 1.96. The summed E-state index contributed by atoms with van der Waals surface area (Å²) in [6, 6.07) is 5.34. The van der Waals surface area contributed by atoms with Crippen molar-refractivity contribution >= 4 is 5.69 Å². The summed E-state index contributed by atoms with van der Waals surface area (Å²) in [4.78, 5) is 0. The second-order valence-corrected chi connectivity index (χ2v) is 4.54. The van der Waals surface area contributed by atoms with E-state index in [1.807, 2.05) is 0 Å². The van der Waals surface area contributed by atoms with Crippen molar-refractivity contribution in [2.45, 2.75) is 13.0 Å². The molecule has 0 aliphatic heterocycles. The van der Waals surface area contributed by atoms with E-state index in [0.717, 1.165) is 6.07 Å². The molecule has 0 spiro atoms. The molecule has 0 aliphatic rings. The van der Waals surface area contributed by atoms with Crippen LogP contribution in [0.25, 0.3) is 0 Å². The van der Waals surface area contributed by atoms with Crippen LogP contribution in [0.1, 0.15) is 18.5 Å². The van der Waals surface area contributed by atoms with Crippen molar-refractivity contribution in [3.05, 3.63) is 53.3 Å². The Balaban J connectivity index is 2.26. The van der Waals surface area contributed by atoms with E-state index in [-0.39, 0.29) is 11.4 Å². The van der Waals surface area contributed by atoms with Gasteiger partial charge in [-0.3, -0.25) is 0 Å². The molecule has 0 heterocycles. The highest BCUT2D eigenvalue weighted by atomic mass is 19.2. The monoisotopic (exact) mass is 297 g/mol. The van der Waals surface area contributed by atoms with Crippen LogP contribution in [0.3, 0.4) is 0 Å². The Labute approximate surface area is 120 Å². The molecule has 0 saturated carbocycles. The largest absolute Gasteiger partial charge is 0.507 e. The van der Waals surface area contributed by atoms with E-state index in [9.17, 15) is 18.3 Å². The summed E-state index contributed by atoms with van der Waals surface area (Å²) in [5, 5.41) is 12.6. The molecule has 2 aromatic carbocycles. The molecule has 1 atom stereocenters. The molecular formula is C15H14F3NO2. The number of hydrogen-bond acceptors (Lipinski definition) is 3. The zero-order valence-corrected chi connectivity index (χ0v) is 11.5. The zero-order chi connectivity index (χ0) is 15.6. The number of anilines is 1. The average molecular weight is 297 g/mol. The van der Waals surface area contributed by atoms with Gasteiger partial charge in [0.25, 0.3) is 0 Å². The molecule has 0 radical (unpaired) electrons. The Morgan fingerprint density at radius 2 is 1.71 bits per heavy atom. The highest BCUT2D eigenvalue weighted by Gasteiger charge is 2.15. The van der Waals surface area contributed by atoms with Crippen LogP contribution in [-0.4, -0.2) is 12.2 Å². The second kappa shape index (κ2) is 5.95. The molecule has 0 bridgehead atoms. The number of methoxy groups -OCH3 is 1. The zero-order valence-electron chi connectivity index (χ0n) is 11.5. The number of benzene rings is 2. The molecular weight excluding hydrogens is 283 g/mol. The van der Waals surface area contributed by atoms with Crippen LogP contribution >= 0.6 is 0 Å². The Morgan fingerprint density at radius 1 is 1.05 bits per heavy atom. The van der Waals surface area contributed by atoms with Gasteiger partial charge in [-0.2, -0.15) is 0 Å². The highest BCUT2D eigenvalue weighted by molar-refractivity contribution is 5.50. The van der Waals surface area contributed by atoms with Gasteiger partial charge < -0.3 is 15.2 Å². The summed E-state index contributed by atoms with van der Waals surface area (Å²) in [5.41, 5.74) is 0.288. The lowest BCUT2D eigenvalue weighted by Gasteiger charge is -2.18. The van der Waals surface area contributed by atoms with Crippen molar-refractivity contribution < 1.29 is 23.0 Å². The van der Waals surface area contributed by atoms with Gasteiger partial charge in [0.15, 0.2) is 11.6 Å².